The first-order chi connectivity index (χ1) is 8.40. The monoisotopic (exact) mass is 250 g/mol. The molecule has 0 radical (unpaired) electrons. The van der Waals surface area contributed by atoms with E-state index in [2.05, 4.69) is 20.8 Å². The Morgan fingerprint density at radius 1 is 1.00 bits per heavy atom. The highest BCUT2D eigenvalue weighted by Crippen LogP contribution is 2.42. The highest BCUT2D eigenvalue weighted by atomic mass is 16.3. The van der Waals surface area contributed by atoms with E-state index in [1.165, 1.54) is 6.42 Å². The Kier molecular flexibility index (Phi) is 3.86. The van der Waals surface area contributed by atoms with Gasteiger partial charge in [-0.05, 0) is 63.4 Å². The largest absolute Gasteiger partial charge is 0.466 e. The second kappa shape index (κ2) is 5.08. The third-order valence-electron chi connectivity index (χ3n) is 4.57. The van der Waals surface area contributed by atoms with Crippen molar-refractivity contribution in [1.29, 1.82) is 0 Å². The van der Waals surface area contributed by atoms with Crippen molar-refractivity contribution in [3.63, 3.8) is 0 Å². The molecule has 1 fully saturated rings. The maximum atomic E-state index is 10.7. The molecule has 3 atom stereocenters. The van der Waals surface area contributed by atoms with Crippen LogP contribution in [0.25, 0.3) is 0 Å². The molecule has 0 amide bonds. The normalized spacial score (nSPS) is 30.4. The molecular weight excluding hydrogens is 224 g/mol. The topological polar surface area (TPSA) is 33.4 Å². The van der Waals surface area contributed by atoms with Crippen LogP contribution in [0, 0.1) is 38.5 Å². The molecule has 0 aromatic carbocycles. The van der Waals surface area contributed by atoms with Crippen LogP contribution in [0.1, 0.15) is 61.9 Å². The lowest BCUT2D eigenvalue weighted by Crippen LogP contribution is -2.25. The van der Waals surface area contributed by atoms with E-state index in [1.807, 2.05) is 13.8 Å². The molecule has 0 bridgehead atoms. The predicted octanol–water partition coefficient (Wildman–Crippen LogP) is 4.31. The Hall–Kier alpha value is -0.760. The lowest BCUT2D eigenvalue weighted by molar-refractivity contribution is 0.0538. The van der Waals surface area contributed by atoms with Crippen molar-refractivity contribution < 1.29 is 9.52 Å². The molecule has 0 spiro atoms. The molecule has 0 saturated heterocycles. The first kappa shape index (κ1) is 13.7. The fraction of sp³-hybridized carbons (Fsp3) is 0.750. The summed E-state index contributed by atoms with van der Waals surface area (Å²) >= 11 is 0. The summed E-state index contributed by atoms with van der Waals surface area (Å²) < 4.78 is 5.65. The van der Waals surface area contributed by atoms with Gasteiger partial charge in [0.1, 0.15) is 11.5 Å². The van der Waals surface area contributed by atoms with Crippen molar-refractivity contribution in [2.24, 2.45) is 17.8 Å². The maximum absolute atomic E-state index is 10.7. The van der Waals surface area contributed by atoms with Crippen LogP contribution in [0.15, 0.2) is 4.42 Å². The summed E-state index contributed by atoms with van der Waals surface area (Å²) in [6, 6.07) is 0. The van der Waals surface area contributed by atoms with Gasteiger partial charge in [0, 0.05) is 5.56 Å². The smallest absolute Gasteiger partial charge is 0.107 e. The van der Waals surface area contributed by atoms with Crippen LogP contribution in [0.3, 0.4) is 0 Å². The average molecular weight is 250 g/mol. The Morgan fingerprint density at radius 2 is 1.56 bits per heavy atom. The Balaban J connectivity index is 2.22. The molecular formula is C16H26O2. The van der Waals surface area contributed by atoms with Gasteiger partial charge in [-0.2, -0.15) is 0 Å². The molecule has 18 heavy (non-hydrogen) atoms. The third kappa shape index (κ3) is 2.49. The van der Waals surface area contributed by atoms with Crippen molar-refractivity contribution in [2.45, 2.75) is 60.0 Å². The minimum atomic E-state index is -0.354. The first-order valence-corrected chi connectivity index (χ1v) is 7.14. The van der Waals surface area contributed by atoms with Gasteiger partial charge >= 0.3 is 0 Å². The van der Waals surface area contributed by atoms with Crippen LogP contribution in [0.5, 0.6) is 0 Å². The maximum Gasteiger partial charge on any atom is 0.107 e. The minimum Gasteiger partial charge on any atom is -0.466 e. The molecule has 2 heteroatoms. The zero-order valence-electron chi connectivity index (χ0n) is 12.3. The molecule has 102 valence electrons. The van der Waals surface area contributed by atoms with Gasteiger partial charge < -0.3 is 9.52 Å². The van der Waals surface area contributed by atoms with E-state index in [9.17, 15) is 5.11 Å². The molecule has 1 aliphatic rings. The number of furan rings is 1. The summed E-state index contributed by atoms with van der Waals surface area (Å²) in [7, 11) is 0. The Labute approximate surface area is 110 Å². The molecule has 1 heterocycles. The van der Waals surface area contributed by atoms with Crippen LogP contribution < -0.4 is 0 Å². The SMILES string of the molecule is Cc1oc(C)c(C(O)C2CC(C)CC(C)C2)c1C. The van der Waals surface area contributed by atoms with Crippen molar-refractivity contribution in [3.8, 4) is 0 Å². The van der Waals surface area contributed by atoms with Crippen LogP contribution >= 0.6 is 0 Å². The number of aliphatic hydroxyl groups excluding tert-OH is 1. The fourth-order valence-corrected chi connectivity index (χ4v) is 3.75. The van der Waals surface area contributed by atoms with Crippen LogP contribution in [0.2, 0.25) is 0 Å². The minimum absolute atomic E-state index is 0.354. The van der Waals surface area contributed by atoms with Crippen LogP contribution in [-0.4, -0.2) is 5.11 Å². The summed E-state index contributed by atoms with van der Waals surface area (Å²) in [6.07, 6.45) is 3.21. The van der Waals surface area contributed by atoms with Crippen molar-refractivity contribution in [1.82, 2.24) is 0 Å². The fourth-order valence-electron chi connectivity index (χ4n) is 3.75. The van der Waals surface area contributed by atoms with Crippen LogP contribution in [0.4, 0.5) is 0 Å². The van der Waals surface area contributed by atoms with Gasteiger partial charge in [0.25, 0.3) is 0 Å². The molecule has 2 rings (SSSR count). The van der Waals surface area contributed by atoms with E-state index in [-0.39, 0.29) is 6.10 Å². The van der Waals surface area contributed by atoms with Gasteiger partial charge in [0.15, 0.2) is 0 Å². The first-order valence-electron chi connectivity index (χ1n) is 7.14. The van der Waals surface area contributed by atoms with Crippen LogP contribution in [-0.2, 0) is 0 Å². The van der Waals surface area contributed by atoms with Crippen molar-refractivity contribution in [3.05, 3.63) is 22.6 Å². The van der Waals surface area contributed by atoms with Gasteiger partial charge in [0.05, 0.1) is 6.10 Å². The average Bonchev–Trinajstić information content (AvgIpc) is 2.51. The second-order valence-electron chi connectivity index (χ2n) is 6.38. The van der Waals surface area contributed by atoms with E-state index in [1.54, 1.807) is 0 Å². The summed E-state index contributed by atoms with van der Waals surface area (Å²) in [4.78, 5) is 0. The zero-order valence-corrected chi connectivity index (χ0v) is 12.3. The highest BCUT2D eigenvalue weighted by Gasteiger charge is 2.32. The van der Waals surface area contributed by atoms with E-state index in [0.717, 1.165) is 47.3 Å². The molecule has 1 aromatic heterocycles. The molecule has 1 saturated carbocycles. The van der Waals surface area contributed by atoms with Crippen molar-refractivity contribution in [2.75, 3.05) is 0 Å². The van der Waals surface area contributed by atoms with E-state index >= 15 is 0 Å². The molecule has 1 aromatic rings. The Bertz CT molecular complexity index is 409. The summed E-state index contributed by atoms with van der Waals surface area (Å²) in [5, 5.41) is 10.7. The molecule has 1 N–H and O–H groups in total. The standard InChI is InChI=1S/C16H26O2/c1-9-6-10(2)8-14(7-9)16(17)15-11(3)12(4)18-13(15)5/h9-10,14,16-17H,6-8H2,1-5H3. The summed E-state index contributed by atoms with van der Waals surface area (Å²) in [5.41, 5.74) is 2.17. The number of aliphatic hydroxyl groups is 1. The Morgan fingerprint density at radius 3 is 2.00 bits per heavy atom. The number of hydrogen-bond acceptors (Lipinski definition) is 2. The highest BCUT2D eigenvalue weighted by molar-refractivity contribution is 5.33. The quantitative estimate of drug-likeness (QED) is 0.848. The van der Waals surface area contributed by atoms with Crippen molar-refractivity contribution >= 4 is 0 Å². The molecule has 0 aliphatic heterocycles. The van der Waals surface area contributed by atoms with E-state index in [4.69, 9.17) is 4.42 Å². The third-order valence-corrected chi connectivity index (χ3v) is 4.57. The predicted molar refractivity (Wildman–Crippen MR) is 73.5 cm³/mol. The van der Waals surface area contributed by atoms with Gasteiger partial charge in [-0.15, -0.1) is 0 Å². The van der Waals surface area contributed by atoms with Gasteiger partial charge in [-0.3, -0.25) is 0 Å². The number of aryl methyl sites for hydroxylation is 2. The lowest BCUT2D eigenvalue weighted by atomic mass is 9.73. The molecule has 2 nitrogen and oxygen atoms in total. The summed E-state index contributed by atoms with van der Waals surface area (Å²) in [5.74, 6) is 3.67. The van der Waals surface area contributed by atoms with E-state index < -0.39 is 0 Å². The molecule has 3 unspecified atom stereocenters. The van der Waals surface area contributed by atoms with Gasteiger partial charge in [0.2, 0.25) is 0 Å². The number of rotatable bonds is 2. The second-order valence-corrected chi connectivity index (χ2v) is 6.38. The zero-order chi connectivity index (χ0) is 13.4. The summed E-state index contributed by atoms with van der Waals surface area (Å²) in [6.45, 7) is 10.6. The van der Waals surface area contributed by atoms with Gasteiger partial charge in [-0.1, -0.05) is 13.8 Å². The number of hydrogen-bond donors (Lipinski definition) is 1. The van der Waals surface area contributed by atoms with Gasteiger partial charge in [-0.25, -0.2) is 0 Å². The molecule has 1 aliphatic carbocycles. The van der Waals surface area contributed by atoms with E-state index in [0.29, 0.717) is 5.92 Å². The lowest BCUT2D eigenvalue weighted by Gasteiger charge is -2.34.